The molecule has 0 aromatic heterocycles. The third-order valence-corrected chi connectivity index (χ3v) is 7.20. The zero-order valence-electron chi connectivity index (χ0n) is 20.1. The van der Waals surface area contributed by atoms with Crippen LogP contribution in [0.5, 0.6) is 11.5 Å². The lowest BCUT2D eigenvalue weighted by Crippen LogP contribution is -2.27. The number of aryl methyl sites for hydroxylation is 1. The molecule has 3 aromatic rings. The van der Waals surface area contributed by atoms with Gasteiger partial charge in [0.1, 0.15) is 6.61 Å². The molecule has 0 unspecified atom stereocenters. The topological polar surface area (TPSA) is 99.0 Å². The van der Waals surface area contributed by atoms with Crippen LogP contribution < -0.4 is 9.47 Å². The molecule has 0 saturated carbocycles. The number of non-ortho nitro benzene ring substituents is 1. The third kappa shape index (κ3) is 6.50. The third-order valence-electron chi connectivity index (χ3n) is 5.49. The second kappa shape index (κ2) is 11.8. The van der Waals surface area contributed by atoms with E-state index in [4.69, 9.17) is 9.47 Å². The Balaban J connectivity index is 1.52. The number of amides is 2. The van der Waals surface area contributed by atoms with Crippen LogP contribution in [0.1, 0.15) is 29.2 Å². The Hall–Kier alpha value is -3.38. The van der Waals surface area contributed by atoms with E-state index in [1.54, 1.807) is 24.3 Å². The summed E-state index contributed by atoms with van der Waals surface area (Å²) in [7, 11) is 0. The summed E-state index contributed by atoms with van der Waals surface area (Å²) in [5, 5.41) is 10.6. The van der Waals surface area contributed by atoms with E-state index in [2.05, 4.69) is 22.6 Å². The number of thioether (sulfide) groups is 1. The van der Waals surface area contributed by atoms with Crippen LogP contribution in [0, 0.1) is 20.6 Å². The first-order valence-electron chi connectivity index (χ1n) is 11.4. The van der Waals surface area contributed by atoms with E-state index in [0.717, 1.165) is 32.0 Å². The Labute approximate surface area is 231 Å². The summed E-state index contributed by atoms with van der Waals surface area (Å²) in [6.45, 7) is 4.66. The van der Waals surface area contributed by atoms with E-state index in [0.29, 0.717) is 28.6 Å². The van der Waals surface area contributed by atoms with Crippen LogP contribution in [0.4, 0.5) is 10.5 Å². The van der Waals surface area contributed by atoms with Gasteiger partial charge in [-0.05, 0) is 95.2 Å². The molecule has 1 fully saturated rings. The van der Waals surface area contributed by atoms with Gasteiger partial charge in [-0.15, -0.1) is 0 Å². The molecule has 4 rings (SSSR count). The van der Waals surface area contributed by atoms with Crippen LogP contribution in [0.15, 0.2) is 65.6 Å². The second-order valence-electron chi connectivity index (χ2n) is 8.23. The first kappa shape index (κ1) is 26.7. The molecule has 0 atom stereocenters. The number of carbonyl (C=O) groups is 2. The number of rotatable bonds is 9. The molecule has 8 nitrogen and oxygen atoms in total. The van der Waals surface area contributed by atoms with Gasteiger partial charge in [-0.25, -0.2) is 0 Å². The van der Waals surface area contributed by atoms with Crippen LogP contribution >= 0.6 is 34.4 Å². The highest BCUT2D eigenvalue weighted by Gasteiger charge is 2.35. The zero-order valence-corrected chi connectivity index (χ0v) is 23.1. The van der Waals surface area contributed by atoms with Crippen molar-refractivity contribution in [2.24, 2.45) is 0 Å². The summed E-state index contributed by atoms with van der Waals surface area (Å²) in [6, 6.07) is 17.5. The minimum Gasteiger partial charge on any atom is -0.490 e. The van der Waals surface area contributed by atoms with Crippen molar-refractivity contribution < 1.29 is 24.0 Å². The highest BCUT2D eigenvalue weighted by molar-refractivity contribution is 14.1. The van der Waals surface area contributed by atoms with Gasteiger partial charge < -0.3 is 9.47 Å². The van der Waals surface area contributed by atoms with Gasteiger partial charge in [0.15, 0.2) is 11.5 Å². The molecule has 10 heteroatoms. The van der Waals surface area contributed by atoms with Crippen molar-refractivity contribution in [3.05, 3.63) is 102 Å². The molecule has 0 aliphatic carbocycles. The van der Waals surface area contributed by atoms with E-state index in [9.17, 15) is 19.7 Å². The maximum atomic E-state index is 13.0. The zero-order chi connectivity index (χ0) is 26.5. The quantitative estimate of drug-likeness (QED) is 0.112. The summed E-state index contributed by atoms with van der Waals surface area (Å²) in [4.78, 5) is 37.6. The molecule has 3 aromatic carbocycles. The van der Waals surface area contributed by atoms with E-state index in [-0.39, 0.29) is 30.0 Å². The molecule has 0 spiro atoms. The fourth-order valence-corrected chi connectivity index (χ4v) is 5.23. The smallest absolute Gasteiger partial charge is 0.293 e. The molecular formula is C27H23IN2O6S. The van der Waals surface area contributed by atoms with Gasteiger partial charge in [0, 0.05) is 12.1 Å². The van der Waals surface area contributed by atoms with Crippen LogP contribution in [-0.4, -0.2) is 27.6 Å². The number of nitro groups is 1. The number of ether oxygens (including phenoxy) is 2. The first-order chi connectivity index (χ1) is 17.7. The molecule has 1 saturated heterocycles. The van der Waals surface area contributed by atoms with Crippen molar-refractivity contribution in [3.8, 4) is 11.5 Å². The van der Waals surface area contributed by atoms with Gasteiger partial charge in [-0.3, -0.25) is 24.6 Å². The summed E-state index contributed by atoms with van der Waals surface area (Å²) >= 11 is 3.05. The highest BCUT2D eigenvalue weighted by atomic mass is 127. The molecular weight excluding hydrogens is 607 g/mol. The maximum Gasteiger partial charge on any atom is 0.293 e. The van der Waals surface area contributed by atoms with Gasteiger partial charge >= 0.3 is 0 Å². The summed E-state index contributed by atoms with van der Waals surface area (Å²) < 4.78 is 12.6. The van der Waals surface area contributed by atoms with Crippen LogP contribution in [-0.2, 0) is 17.9 Å². The number of halogens is 1. The average molecular weight is 630 g/mol. The van der Waals surface area contributed by atoms with Crippen molar-refractivity contribution in [3.63, 3.8) is 0 Å². The number of nitro benzene ring substituents is 1. The molecule has 2 amide bonds. The van der Waals surface area contributed by atoms with Crippen molar-refractivity contribution in [1.82, 2.24) is 4.90 Å². The monoisotopic (exact) mass is 630 g/mol. The molecule has 1 heterocycles. The minimum absolute atomic E-state index is 0.0148. The molecule has 37 heavy (non-hydrogen) atoms. The summed E-state index contributed by atoms with van der Waals surface area (Å²) in [5.41, 5.74) is 3.49. The fraction of sp³-hybridized carbons (Fsp3) is 0.185. The van der Waals surface area contributed by atoms with Crippen LogP contribution in [0.25, 0.3) is 6.08 Å². The number of hydrogen-bond donors (Lipinski definition) is 0. The maximum absolute atomic E-state index is 13.0. The number of imide groups is 1. The highest BCUT2D eigenvalue weighted by Crippen LogP contribution is 2.38. The molecule has 1 aliphatic heterocycles. The van der Waals surface area contributed by atoms with Crippen LogP contribution in [0.3, 0.4) is 0 Å². The van der Waals surface area contributed by atoms with Gasteiger partial charge in [-0.2, -0.15) is 0 Å². The lowest BCUT2D eigenvalue weighted by molar-refractivity contribution is -0.384. The largest absolute Gasteiger partial charge is 0.490 e. The van der Waals surface area contributed by atoms with Crippen LogP contribution in [0.2, 0.25) is 0 Å². The Kier molecular flexibility index (Phi) is 8.49. The SMILES string of the molecule is CCOc1cc(/C=C2\SC(=O)N(Cc3ccc(C)cc3)C2=O)cc(I)c1OCc1ccc([N+](=O)[O-])cc1. The number of nitrogens with zero attached hydrogens (tertiary/aromatic N) is 2. The summed E-state index contributed by atoms with van der Waals surface area (Å²) in [6.07, 6.45) is 1.69. The Morgan fingerprint density at radius 1 is 1.03 bits per heavy atom. The predicted octanol–water partition coefficient (Wildman–Crippen LogP) is 6.72. The van der Waals surface area contributed by atoms with E-state index in [1.165, 1.54) is 17.0 Å². The Morgan fingerprint density at radius 3 is 2.35 bits per heavy atom. The minimum atomic E-state index is -0.448. The van der Waals surface area contributed by atoms with Crippen molar-refractivity contribution >= 4 is 57.3 Å². The normalized spacial score (nSPS) is 14.4. The molecule has 0 radical (unpaired) electrons. The molecule has 0 bridgehead atoms. The van der Waals surface area contributed by atoms with E-state index in [1.807, 2.05) is 44.2 Å². The van der Waals surface area contributed by atoms with Crippen molar-refractivity contribution in [2.75, 3.05) is 6.61 Å². The van der Waals surface area contributed by atoms with Crippen molar-refractivity contribution in [2.45, 2.75) is 27.0 Å². The fourth-order valence-electron chi connectivity index (χ4n) is 3.61. The lowest BCUT2D eigenvalue weighted by Gasteiger charge is -2.15. The Morgan fingerprint density at radius 2 is 1.70 bits per heavy atom. The van der Waals surface area contributed by atoms with Gasteiger partial charge in [0.05, 0.1) is 26.6 Å². The number of hydrogen-bond acceptors (Lipinski definition) is 7. The first-order valence-corrected chi connectivity index (χ1v) is 13.3. The van der Waals surface area contributed by atoms with Gasteiger partial charge in [0.2, 0.25) is 0 Å². The molecule has 1 aliphatic rings. The summed E-state index contributed by atoms with van der Waals surface area (Å²) in [5.74, 6) is 0.703. The average Bonchev–Trinajstić information content (AvgIpc) is 3.12. The Bertz CT molecular complexity index is 1370. The predicted molar refractivity (Wildman–Crippen MR) is 150 cm³/mol. The molecule has 0 N–H and O–H groups in total. The number of benzene rings is 3. The van der Waals surface area contributed by atoms with Gasteiger partial charge in [0.25, 0.3) is 16.8 Å². The standard InChI is InChI=1S/C27H23IN2O6S/c1-3-35-23-13-20(12-22(28)25(23)36-16-19-8-10-21(11-9-19)30(33)34)14-24-26(31)29(27(32)37-24)15-18-6-4-17(2)5-7-18/h4-14H,3,15-16H2,1-2H3/b24-14-. The van der Waals surface area contributed by atoms with E-state index < -0.39 is 4.92 Å². The number of carbonyl (C=O) groups excluding carboxylic acids is 2. The molecule has 190 valence electrons. The second-order valence-corrected chi connectivity index (χ2v) is 10.4. The lowest BCUT2D eigenvalue weighted by atomic mass is 10.1. The van der Waals surface area contributed by atoms with Gasteiger partial charge in [-0.1, -0.05) is 29.8 Å². The van der Waals surface area contributed by atoms with E-state index >= 15 is 0 Å². The van der Waals surface area contributed by atoms with Crippen molar-refractivity contribution in [1.29, 1.82) is 0 Å².